The molecule has 0 aliphatic rings. The molecule has 0 atom stereocenters. The zero-order valence-electron chi connectivity index (χ0n) is 14.6. The molecule has 0 fully saturated rings. The van der Waals surface area contributed by atoms with Crippen molar-refractivity contribution in [2.75, 3.05) is 12.4 Å². The molecular formula is C15H12N6O7S. The predicted molar refractivity (Wildman–Crippen MR) is 96.6 cm³/mol. The number of rotatable bonds is 6. The Labute approximate surface area is 162 Å². The number of nitro benzene ring substituents is 1. The largest absolute Gasteiger partial charge is 0.494 e. The number of anilines is 1. The fourth-order valence-electron chi connectivity index (χ4n) is 2.32. The van der Waals surface area contributed by atoms with Gasteiger partial charge < -0.3 is 10.1 Å². The number of carbonyl (C=O) groups excluding carboxylic acids is 1. The Kier molecular flexibility index (Phi) is 5.20. The van der Waals surface area contributed by atoms with Crippen molar-refractivity contribution in [2.45, 2.75) is 4.90 Å². The summed E-state index contributed by atoms with van der Waals surface area (Å²) in [5, 5.41) is 24.7. The summed E-state index contributed by atoms with van der Waals surface area (Å²) < 4.78 is 37.4. The lowest BCUT2D eigenvalue weighted by Gasteiger charge is -2.09. The van der Waals surface area contributed by atoms with Gasteiger partial charge >= 0.3 is 10.1 Å². The van der Waals surface area contributed by atoms with Gasteiger partial charge in [0, 0.05) is 5.69 Å². The first-order chi connectivity index (χ1) is 13.7. The fourth-order valence-corrected chi connectivity index (χ4v) is 2.98. The summed E-state index contributed by atoms with van der Waals surface area (Å²) in [6.45, 7) is 0. The van der Waals surface area contributed by atoms with E-state index in [0.717, 1.165) is 16.9 Å². The van der Waals surface area contributed by atoms with Gasteiger partial charge in [0.1, 0.15) is 5.69 Å². The number of amides is 1. The summed E-state index contributed by atoms with van der Waals surface area (Å²) in [6, 6.07) is 9.98. The Balaban J connectivity index is 2.03. The Bertz CT molecular complexity index is 1190. The van der Waals surface area contributed by atoms with E-state index in [4.69, 9.17) is 4.74 Å². The third kappa shape index (κ3) is 4.17. The van der Waals surface area contributed by atoms with Crippen LogP contribution < -0.4 is 10.1 Å². The van der Waals surface area contributed by atoms with Gasteiger partial charge in [-0.25, -0.2) is 0 Å². The monoisotopic (exact) mass is 420 g/mol. The highest BCUT2D eigenvalue weighted by Crippen LogP contribution is 2.33. The minimum absolute atomic E-state index is 0.184. The first-order valence-electron chi connectivity index (χ1n) is 7.71. The van der Waals surface area contributed by atoms with Crippen LogP contribution >= 0.6 is 0 Å². The van der Waals surface area contributed by atoms with E-state index in [9.17, 15) is 27.9 Å². The SMILES string of the molecule is COc1cc([N+](=O)[O-])c(S(=O)(=O)O)cc1-n1nnc(C(=O)Nc2ccccc2)n1. The lowest BCUT2D eigenvalue weighted by atomic mass is 10.2. The van der Waals surface area contributed by atoms with Gasteiger partial charge in [0.25, 0.3) is 17.4 Å². The molecule has 150 valence electrons. The summed E-state index contributed by atoms with van der Waals surface area (Å²) in [5.41, 5.74) is -0.623. The van der Waals surface area contributed by atoms with Crippen LogP contribution in [-0.2, 0) is 10.1 Å². The molecule has 0 spiro atoms. The molecule has 1 aromatic heterocycles. The second-order valence-corrected chi connectivity index (χ2v) is 6.84. The van der Waals surface area contributed by atoms with Crippen molar-refractivity contribution in [2.24, 2.45) is 0 Å². The van der Waals surface area contributed by atoms with E-state index in [1.807, 2.05) is 0 Å². The van der Waals surface area contributed by atoms with Crippen molar-refractivity contribution in [3.05, 3.63) is 58.4 Å². The van der Waals surface area contributed by atoms with Crippen LogP contribution in [0.25, 0.3) is 5.69 Å². The standard InChI is InChI=1S/C15H12N6O7S/c1-28-12-7-11(21(23)24)13(29(25,26)27)8-10(12)20-18-14(17-19-20)15(22)16-9-5-3-2-4-6-9/h2-8H,1H3,(H,16,22)(H,25,26,27). The second-order valence-electron chi connectivity index (χ2n) is 5.45. The number of nitro groups is 1. The number of methoxy groups -OCH3 is 1. The molecule has 0 bridgehead atoms. The molecule has 2 aromatic carbocycles. The fraction of sp³-hybridized carbons (Fsp3) is 0.0667. The Hall–Kier alpha value is -3.91. The molecule has 0 saturated heterocycles. The quantitative estimate of drug-likeness (QED) is 0.333. The van der Waals surface area contributed by atoms with Crippen LogP contribution in [0.2, 0.25) is 0 Å². The Morgan fingerprint density at radius 1 is 1.28 bits per heavy atom. The van der Waals surface area contributed by atoms with Crippen LogP contribution in [0.3, 0.4) is 0 Å². The van der Waals surface area contributed by atoms with Gasteiger partial charge in [-0.1, -0.05) is 18.2 Å². The maximum Gasteiger partial charge on any atom is 0.301 e. The van der Waals surface area contributed by atoms with Crippen LogP contribution in [0.1, 0.15) is 10.6 Å². The van der Waals surface area contributed by atoms with E-state index in [1.54, 1.807) is 30.3 Å². The molecule has 2 N–H and O–H groups in total. The van der Waals surface area contributed by atoms with Gasteiger partial charge in [-0.3, -0.25) is 19.5 Å². The van der Waals surface area contributed by atoms with Crippen LogP contribution in [0.4, 0.5) is 11.4 Å². The molecule has 0 aliphatic carbocycles. The number of nitrogens with zero attached hydrogens (tertiary/aromatic N) is 5. The molecule has 0 radical (unpaired) electrons. The van der Waals surface area contributed by atoms with Crippen LogP contribution in [0.15, 0.2) is 47.4 Å². The number of hydrogen-bond acceptors (Lipinski definition) is 9. The zero-order chi connectivity index (χ0) is 21.2. The average Bonchev–Trinajstić information content (AvgIpc) is 3.17. The van der Waals surface area contributed by atoms with Gasteiger partial charge in [-0.15, -0.1) is 15.0 Å². The van der Waals surface area contributed by atoms with Crippen molar-refractivity contribution >= 4 is 27.4 Å². The first kappa shape index (κ1) is 19.8. The van der Waals surface area contributed by atoms with E-state index in [-0.39, 0.29) is 17.3 Å². The lowest BCUT2D eigenvalue weighted by molar-refractivity contribution is -0.388. The number of aromatic nitrogens is 4. The molecule has 3 rings (SSSR count). The molecule has 0 saturated carbocycles. The minimum Gasteiger partial charge on any atom is -0.494 e. The number of tetrazole rings is 1. The molecule has 1 amide bonds. The molecule has 14 heteroatoms. The molecule has 3 aromatic rings. The third-order valence-corrected chi connectivity index (χ3v) is 4.48. The number of carbonyl (C=O) groups is 1. The maximum atomic E-state index is 12.2. The van der Waals surface area contributed by atoms with Crippen molar-refractivity contribution in [3.8, 4) is 11.4 Å². The van der Waals surface area contributed by atoms with Gasteiger partial charge in [0.05, 0.1) is 18.1 Å². The summed E-state index contributed by atoms with van der Waals surface area (Å²) in [4.78, 5) is 22.1. The smallest absolute Gasteiger partial charge is 0.301 e. The van der Waals surface area contributed by atoms with E-state index < -0.39 is 31.5 Å². The van der Waals surface area contributed by atoms with Crippen molar-refractivity contribution < 1.29 is 27.4 Å². The summed E-state index contributed by atoms with van der Waals surface area (Å²) in [5.74, 6) is -1.24. The zero-order valence-corrected chi connectivity index (χ0v) is 15.4. The van der Waals surface area contributed by atoms with E-state index in [0.29, 0.717) is 5.69 Å². The van der Waals surface area contributed by atoms with Crippen molar-refractivity contribution in [1.82, 2.24) is 20.2 Å². The number of ether oxygens (including phenoxy) is 1. The third-order valence-electron chi connectivity index (χ3n) is 3.60. The summed E-state index contributed by atoms with van der Waals surface area (Å²) in [6.07, 6.45) is 0. The van der Waals surface area contributed by atoms with E-state index >= 15 is 0 Å². The van der Waals surface area contributed by atoms with E-state index in [1.165, 1.54) is 7.11 Å². The van der Waals surface area contributed by atoms with Crippen LogP contribution in [-0.4, -0.2) is 51.1 Å². The average molecular weight is 420 g/mol. The van der Waals surface area contributed by atoms with Crippen LogP contribution in [0.5, 0.6) is 5.75 Å². The molecule has 0 unspecified atom stereocenters. The van der Waals surface area contributed by atoms with Crippen molar-refractivity contribution in [3.63, 3.8) is 0 Å². The minimum atomic E-state index is -4.95. The highest BCUT2D eigenvalue weighted by molar-refractivity contribution is 7.86. The van der Waals surface area contributed by atoms with E-state index in [2.05, 4.69) is 20.7 Å². The molecule has 29 heavy (non-hydrogen) atoms. The van der Waals surface area contributed by atoms with Crippen LogP contribution in [0, 0.1) is 10.1 Å². The molecular weight excluding hydrogens is 408 g/mol. The highest BCUT2D eigenvalue weighted by atomic mass is 32.2. The van der Waals surface area contributed by atoms with Gasteiger partial charge in [0.2, 0.25) is 0 Å². The topological polar surface area (TPSA) is 179 Å². The predicted octanol–water partition coefficient (Wildman–Crippen LogP) is 1.08. The second kappa shape index (κ2) is 7.61. The van der Waals surface area contributed by atoms with Gasteiger partial charge in [-0.05, 0) is 23.4 Å². The molecule has 1 heterocycles. The molecule has 13 nitrogen and oxygen atoms in total. The first-order valence-corrected chi connectivity index (χ1v) is 9.15. The Morgan fingerprint density at radius 2 is 1.97 bits per heavy atom. The normalized spacial score (nSPS) is 11.1. The molecule has 0 aliphatic heterocycles. The number of nitrogens with one attached hydrogen (secondary N) is 1. The summed E-state index contributed by atoms with van der Waals surface area (Å²) >= 11 is 0. The highest BCUT2D eigenvalue weighted by Gasteiger charge is 2.29. The number of hydrogen-bond donors (Lipinski definition) is 2. The van der Waals surface area contributed by atoms with Gasteiger partial charge in [-0.2, -0.15) is 8.42 Å². The lowest BCUT2D eigenvalue weighted by Crippen LogP contribution is -2.14. The summed E-state index contributed by atoms with van der Waals surface area (Å²) in [7, 11) is -3.77. The maximum absolute atomic E-state index is 12.2. The van der Waals surface area contributed by atoms with Crippen molar-refractivity contribution in [1.29, 1.82) is 0 Å². The van der Waals surface area contributed by atoms with Gasteiger partial charge in [0.15, 0.2) is 10.6 Å². The Morgan fingerprint density at radius 3 is 2.55 bits per heavy atom. The number of para-hydroxylation sites is 1. The number of benzene rings is 2.